The van der Waals surface area contributed by atoms with Gasteiger partial charge < -0.3 is 15.0 Å². The lowest BCUT2D eigenvalue weighted by molar-refractivity contribution is 0.178. The topological polar surface area (TPSA) is 86.2 Å². The second kappa shape index (κ2) is 4.77. The van der Waals surface area contributed by atoms with E-state index in [2.05, 4.69) is 21.4 Å². The third-order valence-electron chi connectivity index (χ3n) is 2.45. The molecule has 1 atom stereocenters. The molecule has 6 heteroatoms. The van der Waals surface area contributed by atoms with E-state index in [1.165, 1.54) is 0 Å². The number of aliphatic imine (C=N–C) groups is 1. The number of fused-ring (bicyclic) bond motifs is 1. The first kappa shape index (κ1) is 10.6. The van der Waals surface area contributed by atoms with Crippen molar-refractivity contribution in [1.29, 1.82) is 5.26 Å². The molecule has 1 unspecified atom stereocenters. The normalized spacial score (nSPS) is 18.4. The fourth-order valence-corrected chi connectivity index (χ4v) is 1.70. The summed E-state index contributed by atoms with van der Waals surface area (Å²) in [5.74, 6) is 0.644. The number of nitriles is 1. The minimum absolute atomic E-state index is 0.337. The Morgan fingerprint density at radius 3 is 3.38 bits per heavy atom. The van der Waals surface area contributed by atoms with Crippen molar-refractivity contribution in [2.24, 2.45) is 4.99 Å². The van der Waals surface area contributed by atoms with Gasteiger partial charge in [-0.15, -0.1) is 0 Å². The van der Waals surface area contributed by atoms with Crippen LogP contribution in [0.2, 0.25) is 0 Å². The number of hydrogen-bond acceptors (Lipinski definition) is 5. The van der Waals surface area contributed by atoms with Gasteiger partial charge in [0.2, 0.25) is 0 Å². The first-order chi connectivity index (χ1) is 7.83. The van der Waals surface area contributed by atoms with Crippen LogP contribution in [0.3, 0.4) is 0 Å². The molecule has 2 heterocycles. The summed E-state index contributed by atoms with van der Waals surface area (Å²) in [6.45, 7) is 1.03. The van der Waals surface area contributed by atoms with Crippen LogP contribution in [-0.2, 0) is 6.54 Å². The molecule has 1 aromatic heterocycles. The van der Waals surface area contributed by atoms with Gasteiger partial charge in [0.05, 0.1) is 31.0 Å². The maximum Gasteiger partial charge on any atom is 0.155 e. The van der Waals surface area contributed by atoms with Crippen molar-refractivity contribution in [3.05, 3.63) is 12.0 Å². The van der Waals surface area contributed by atoms with E-state index < -0.39 is 6.10 Å². The van der Waals surface area contributed by atoms with Crippen LogP contribution in [0.4, 0.5) is 5.82 Å². The average molecular weight is 219 g/mol. The van der Waals surface area contributed by atoms with Gasteiger partial charge in [0, 0.05) is 13.0 Å². The number of hydrogen-bond donors (Lipinski definition) is 2. The van der Waals surface area contributed by atoms with E-state index in [0.717, 1.165) is 12.1 Å². The number of unbranched alkanes of at least 4 members (excludes halogenated alkanes) is 1. The molecule has 0 saturated heterocycles. The Kier molecular flexibility index (Phi) is 3.17. The van der Waals surface area contributed by atoms with Crippen molar-refractivity contribution in [3.8, 4) is 6.07 Å². The molecule has 1 aromatic rings. The maximum absolute atomic E-state index is 9.89. The van der Waals surface area contributed by atoms with Gasteiger partial charge >= 0.3 is 0 Å². The van der Waals surface area contributed by atoms with Crippen LogP contribution >= 0.6 is 0 Å². The molecule has 0 saturated carbocycles. The fraction of sp³-hybridized carbons (Fsp3) is 0.500. The summed E-state index contributed by atoms with van der Waals surface area (Å²) in [6.07, 6.45) is 3.85. The Morgan fingerprint density at radius 2 is 2.56 bits per heavy atom. The first-order valence-electron chi connectivity index (χ1n) is 5.18. The van der Waals surface area contributed by atoms with E-state index in [1.807, 2.05) is 4.57 Å². The highest BCUT2D eigenvalue weighted by molar-refractivity contribution is 5.75. The van der Waals surface area contributed by atoms with Gasteiger partial charge in [-0.3, -0.25) is 4.99 Å². The predicted molar refractivity (Wildman–Crippen MR) is 59.0 cm³/mol. The maximum atomic E-state index is 9.89. The molecular formula is C10H13N5O. The van der Waals surface area contributed by atoms with Crippen LogP contribution in [0.5, 0.6) is 0 Å². The van der Waals surface area contributed by atoms with Gasteiger partial charge in [-0.2, -0.15) is 5.26 Å². The molecule has 6 nitrogen and oxygen atoms in total. The van der Waals surface area contributed by atoms with E-state index in [1.54, 1.807) is 12.7 Å². The van der Waals surface area contributed by atoms with Crippen LogP contribution in [-0.4, -0.2) is 27.5 Å². The number of aromatic nitrogens is 2. The summed E-state index contributed by atoms with van der Waals surface area (Å²) in [5, 5.41) is 21.3. The lowest BCUT2D eigenvalue weighted by atomic mass is 10.2. The molecule has 0 spiro atoms. The zero-order valence-corrected chi connectivity index (χ0v) is 8.80. The SMILES string of the molecule is N#CCCCn1cnc2c1C(O)CN=CN2. The summed E-state index contributed by atoms with van der Waals surface area (Å²) < 4.78 is 1.87. The van der Waals surface area contributed by atoms with Gasteiger partial charge in [0.15, 0.2) is 5.82 Å². The molecule has 1 aliphatic heterocycles. The molecule has 0 aromatic carbocycles. The van der Waals surface area contributed by atoms with Gasteiger partial charge in [-0.25, -0.2) is 4.98 Å². The van der Waals surface area contributed by atoms with Gasteiger partial charge in [-0.1, -0.05) is 0 Å². The second-order valence-electron chi connectivity index (χ2n) is 3.59. The number of anilines is 1. The zero-order valence-electron chi connectivity index (χ0n) is 8.80. The summed E-state index contributed by atoms with van der Waals surface area (Å²) in [7, 11) is 0. The predicted octanol–water partition coefficient (Wildman–Crippen LogP) is 0.674. The monoisotopic (exact) mass is 219 g/mol. The van der Waals surface area contributed by atoms with Crippen LogP contribution in [0, 0.1) is 11.3 Å². The summed E-state index contributed by atoms with van der Waals surface area (Å²) in [4.78, 5) is 8.15. The van der Waals surface area contributed by atoms with Crippen molar-refractivity contribution in [2.75, 3.05) is 11.9 Å². The number of imidazole rings is 1. The lowest BCUT2D eigenvalue weighted by Crippen LogP contribution is -2.09. The van der Waals surface area contributed by atoms with E-state index in [4.69, 9.17) is 5.26 Å². The van der Waals surface area contributed by atoms with E-state index >= 15 is 0 Å². The van der Waals surface area contributed by atoms with Crippen molar-refractivity contribution in [2.45, 2.75) is 25.5 Å². The van der Waals surface area contributed by atoms with Gasteiger partial charge in [-0.05, 0) is 6.42 Å². The van der Waals surface area contributed by atoms with Gasteiger partial charge in [0.1, 0.15) is 6.10 Å². The highest BCUT2D eigenvalue weighted by atomic mass is 16.3. The first-order valence-corrected chi connectivity index (χ1v) is 5.18. The average Bonchev–Trinajstić information content (AvgIpc) is 2.59. The highest BCUT2D eigenvalue weighted by Crippen LogP contribution is 2.23. The van der Waals surface area contributed by atoms with Crippen LogP contribution in [0.1, 0.15) is 24.6 Å². The number of rotatable bonds is 3. The molecule has 0 bridgehead atoms. The lowest BCUT2D eigenvalue weighted by Gasteiger charge is -2.11. The molecule has 0 fully saturated rings. The smallest absolute Gasteiger partial charge is 0.155 e. The summed E-state index contributed by atoms with van der Waals surface area (Å²) in [5.41, 5.74) is 0.746. The highest BCUT2D eigenvalue weighted by Gasteiger charge is 2.20. The summed E-state index contributed by atoms with van der Waals surface area (Å²) >= 11 is 0. The fourth-order valence-electron chi connectivity index (χ4n) is 1.70. The second-order valence-corrected chi connectivity index (χ2v) is 3.59. The molecule has 2 rings (SSSR count). The molecular weight excluding hydrogens is 206 g/mol. The largest absolute Gasteiger partial charge is 0.385 e. The third-order valence-corrected chi connectivity index (χ3v) is 2.45. The number of aryl methyl sites for hydroxylation is 1. The van der Waals surface area contributed by atoms with Crippen LogP contribution in [0.25, 0.3) is 0 Å². The molecule has 16 heavy (non-hydrogen) atoms. The Balaban J connectivity index is 2.16. The van der Waals surface area contributed by atoms with E-state index in [0.29, 0.717) is 25.3 Å². The van der Waals surface area contributed by atoms with Crippen molar-refractivity contribution < 1.29 is 5.11 Å². The van der Waals surface area contributed by atoms with Crippen LogP contribution in [0.15, 0.2) is 11.3 Å². The Morgan fingerprint density at radius 1 is 1.69 bits per heavy atom. The minimum atomic E-state index is -0.633. The van der Waals surface area contributed by atoms with Crippen LogP contribution < -0.4 is 5.32 Å². The van der Waals surface area contributed by atoms with Crippen molar-refractivity contribution >= 4 is 12.2 Å². The molecule has 0 amide bonds. The minimum Gasteiger partial charge on any atom is -0.385 e. The van der Waals surface area contributed by atoms with E-state index in [-0.39, 0.29) is 0 Å². The van der Waals surface area contributed by atoms with E-state index in [9.17, 15) is 5.11 Å². The molecule has 84 valence electrons. The van der Waals surface area contributed by atoms with Crippen molar-refractivity contribution in [3.63, 3.8) is 0 Å². The number of aliphatic hydroxyl groups is 1. The zero-order chi connectivity index (χ0) is 11.4. The van der Waals surface area contributed by atoms with Crippen molar-refractivity contribution in [1.82, 2.24) is 9.55 Å². The Hall–Kier alpha value is -1.87. The third kappa shape index (κ3) is 2.04. The van der Waals surface area contributed by atoms with Gasteiger partial charge in [0.25, 0.3) is 0 Å². The standard InChI is InChI=1S/C10H13N5O/c11-3-1-2-4-15-7-14-10-9(15)8(16)5-12-6-13-10/h6-8,16H,1-2,4-5H2,(H,12,13). The quantitative estimate of drug-likeness (QED) is 0.732. The number of aliphatic hydroxyl groups excluding tert-OH is 1. The number of nitrogens with zero attached hydrogens (tertiary/aromatic N) is 4. The molecule has 0 radical (unpaired) electrons. The molecule has 2 N–H and O–H groups in total. The molecule has 1 aliphatic rings. The summed E-state index contributed by atoms with van der Waals surface area (Å²) in [6, 6.07) is 2.10. The number of nitrogens with one attached hydrogen (secondary N) is 1. The molecule has 0 aliphatic carbocycles. The Bertz CT molecular complexity index is 431. The Labute approximate surface area is 93.3 Å².